The molecule has 0 atom stereocenters. The van der Waals surface area contributed by atoms with Crippen LogP contribution in [0.15, 0.2) is 47.6 Å². The lowest BCUT2D eigenvalue weighted by molar-refractivity contribution is -0.153. The van der Waals surface area contributed by atoms with Gasteiger partial charge in [0.05, 0.1) is 22.5 Å². The molecule has 1 aromatic heterocycles. The van der Waals surface area contributed by atoms with E-state index in [9.17, 15) is 18.0 Å². The van der Waals surface area contributed by atoms with Crippen LogP contribution in [0.4, 0.5) is 18.9 Å². The Morgan fingerprint density at radius 2 is 2.03 bits per heavy atom. The van der Waals surface area contributed by atoms with Crippen molar-refractivity contribution in [3.8, 4) is 5.75 Å². The highest BCUT2D eigenvalue weighted by Gasteiger charge is 2.29. The summed E-state index contributed by atoms with van der Waals surface area (Å²) in [5, 5.41) is 3.50. The monoisotopic (exact) mass is 443 g/mol. The summed E-state index contributed by atoms with van der Waals surface area (Å²) in [4.78, 5) is 16.9. The zero-order valence-electron chi connectivity index (χ0n) is 15.3. The second-order valence-electron chi connectivity index (χ2n) is 6.01. The molecule has 0 saturated heterocycles. The molecule has 5 nitrogen and oxygen atoms in total. The molecule has 0 aliphatic rings. The standard InChI is InChI=1S/C19H17ClF3N3O2S/c1-2-26-15-6-4-3-5-13(15)25-18(26)29-10-17(27)24-14-9-12(20)7-8-16(14)28-11-19(21,22)23/h3-9H,2,10-11H2,1H3,(H,24,27). The lowest BCUT2D eigenvalue weighted by Crippen LogP contribution is -2.21. The van der Waals surface area contributed by atoms with Crippen LogP contribution in [0.25, 0.3) is 11.0 Å². The number of anilines is 1. The number of benzene rings is 2. The Kier molecular flexibility index (Phi) is 6.59. The Hall–Kier alpha value is -2.39. The number of rotatable bonds is 7. The van der Waals surface area contributed by atoms with Crippen molar-refractivity contribution in [1.82, 2.24) is 9.55 Å². The SMILES string of the molecule is CCn1c(SCC(=O)Nc2cc(Cl)ccc2OCC(F)(F)F)nc2ccccc21. The molecular weight excluding hydrogens is 427 g/mol. The molecule has 1 amide bonds. The second kappa shape index (κ2) is 8.96. The van der Waals surface area contributed by atoms with Gasteiger partial charge in [-0.15, -0.1) is 0 Å². The first-order valence-electron chi connectivity index (χ1n) is 8.64. The van der Waals surface area contributed by atoms with Gasteiger partial charge in [-0.05, 0) is 37.3 Å². The average Bonchev–Trinajstić information content (AvgIpc) is 3.02. The van der Waals surface area contributed by atoms with E-state index < -0.39 is 18.7 Å². The van der Waals surface area contributed by atoms with Crippen LogP contribution in [0.5, 0.6) is 5.75 Å². The van der Waals surface area contributed by atoms with Crippen LogP contribution in [0.1, 0.15) is 6.92 Å². The summed E-state index contributed by atoms with van der Waals surface area (Å²) in [7, 11) is 0. The minimum absolute atomic E-state index is 0.0224. The topological polar surface area (TPSA) is 56.2 Å². The van der Waals surface area contributed by atoms with Crippen LogP contribution in [-0.4, -0.2) is 34.0 Å². The lowest BCUT2D eigenvalue weighted by atomic mass is 10.3. The highest BCUT2D eigenvalue weighted by molar-refractivity contribution is 7.99. The molecule has 1 heterocycles. The molecule has 2 aromatic carbocycles. The van der Waals surface area contributed by atoms with Gasteiger partial charge in [0.15, 0.2) is 11.8 Å². The Bertz CT molecular complexity index is 1020. The van der Waals surface area contributed by atoms with E-state index in [4.69, 9.17) is 16.3 Å². The van der Waals surface area contributed by atoms with Crippen LogP contribution in [0.2, 0.25) is 5.02 Å². The van der Waals surface area contributed by atoms with Crippen molar-refractivity contribution in [2.24, 2.45) is 0 Å². The molecule has 10 heteroatoms. The van der Waals surface area contributed by atoms with Crippen molar-refractivity contribution in [3.05, 3.63) is 47.5 Å². The molecule has 3 aromatic rings. The number of nitrogens with zero attached hydrogens (tertiary/aromatic N) is 2. The van der Waals surface area contributed by atoms with Crippen molar-refractivity contribution >= 4 is 46.0 Å². The normalized spacial score (nSPS) is 11.6. The molecule has 29 heavy (non-hydrogen) atoms. The van der Waals surface area contributed by atoms with Gasteiger partial charge in [-0.2, -0.15) is 13.2 Å². The average molecular weight is 444 g/mol. The van der Waals surface area contributed by atoms with Crippen LogP contribution in [0, 0.1) is 0 Å². The Labute approximate surface area is 174 Å². The minimum atomic E-state index is -4.49. The number of amides is 1. The number of carbonyl (C=O) groups is 1. The van der Waals surface area contributed by atoms with Crippen LogP contribution < -0.4 is 10.1 Å². The highest BCUT2D eigenvalue weighted by atomic mass is 35.5. The van der Waals surface area contributed by atoms with Gasteiger partial charge in [0.1, 0.15) is 5.75 Å². The molecule has 0 unspecified atom stereocenters. The number of halogens is 4. The first-order valence-corrected chi connectivity index (χ1v) is 10.00. The summed E-state index contributed by atoms with van der Waals surface area (Å²) in [6.07, 6.45) is -4.49. The first-order chi connectivity index (χ1) is 13.8. The van der Waals surface area contributed by atoms with E-state index in [1.54, 1.807) is 0 Å². The summed E-state index contributed by atoms with van der Waals surface area (Å²) in [6.45, 7) is 1.20. The second-order valence-corrected chi connectivity index (χ2v) is 7.39. The van der Waals surface area contributed by atoms with Crippen LogP contribution in [0.3, 0.4) is 0 Å². The lowest BCUT2D eigenvalue weighted by Gasteiger charge is -2.14. The number of aryl methyl sites for hydroxylation is 1. The number of thioether (sulfide) groups is 1. The van der Waals surface area contributed by atoms with Crippen LogP contribution in [-0.2, 0) is 11.3 Å². The fraction of sp³-hybridized carbons (Fsp3) is 0.263. The van der Waals surface area contributed by atoms with Gasteiger partial charge in [-0.3, -0.25) is 4.79 Å². The number of ether oxygens (including phenoxy) is 1. The summed E-state index contributed by atoms with van der Waals surface area (Å²) >= 11 is 7.14. The third kappa shape index (κ3) is 5.57. The Morgan fingerprint density at radius 1 is 1.28 bits per heavy atom. The molecule has 3 rings (SSSR count). The Balaban J connectivity index is 1.69. The number of aromatic nitrogens is 2. The van der Waals surface area contributed by atoms with E-state index in [0.717, 1.165) is 11.0 Å². The van der Waals surface area contributed by atoms with Crippen molar-refractivity contribution in [2.75, 3.05) is 17.7 Å². The molecule has 0 radical (unpaired) electrons. The molecular formula is C19H17ClF3N3O2S. The zero-order chi connectivity index (χ0) is 21.0. The maximum atomic E-state index is 12.4. The van der Waals surface area contributed by atoms with Crippen molar-refractivity contribution in [2.45, 2.75) is 24.8 Å². The van der Waals surface area contributed by atoms with Gasteiger partial charge in [-0.25, -0.2) is 4.98 Å². The molecule has 1 N–H and O–H groups in total. The van der Waals surface area contributed by atoms with Gasteiger partial charge < -0.3 is 14.6 Å². The van der Waals surface area contributed by atoms with E-state index in [0.29, 0.717) is 11.7 Å². The predicted molar refractivity (Wildman–Crippen MR) is 108 cm³/mol. The van der Waals surface area contributed by atoms with E-state index >= 15 is 0 Å². The number of alkyl halides is 3. The zero-order valence-corrected chi connectivity index (χ0v) is 16.9. The Morgan fingerprint density at radius 3 is 2.76 bits per heavy atom. The number of fused-ring (bicyclic) bond motifs is 1. The highest BCUT2D eigenvalue weighted by Crippen LogP contribution is 2.30. The molecule has 0 bridgehead atoms. The van der Waals surface area contributed by atoms with E-state index in [1.807, 2.05) is 35.8 Å². The summed E-state index contributed by atoms with van der Waals surface area (Å²) in [5.41, 5.74) is 1.88. The van der Waals surface area contributed by atoms with Gasteiger partial charge in [0.2, 0.25) is 5.91 Å². The fourth-order valence-corrected chi connectivity index (χ4v) is 3.72. The smallest absolute Gasteiger partial charge is 0.422 e. The minimum Gasteiger partial charge on any atom is -0.482 e. The summed E-state index contributed by atoms with van der Waals surface area (Å²) in [5.74, 6) is -0.496. The largest absolute Gasteiger partial charge is 0.482 e. The van der Waals surface area contributed by atoms with E-state index in [2.05, 4.69) is 10.3 Å². The molecule has 0 saturated carbocycles. The molecule has 0 spiro atoms. The van der Waals surface area contributed by atoms with Crippen molar-refractivity contribution in [3.63, 3.8) is 0 Å². The van der Waals surface area contributed by atoms with Gasteiger partial charge in [-0.1, -0.05) is 35.5 Å². The van der Waals surface area contributed by atoms with Crippen molar-refractivity contribution < 1.29 is 22.7 Å². The molecule has 0 aliphatic carbocycles. The molecule has 0 aliphatic heterocycles. The summed E-state index contributed by atoms with van der Waals surface area (Å²) in [6, 6.07) is 11.7. The van der Waals surface area contributed by atoms with E-state index in [-0.39, 0.29) is 22.2 Å². The first kappa shape index (κ1) is 21.3. The third-order valence-electron chi connectivity index (χ3n) is 3.88. The van der Waals surface area contributed by atoms with Crippen molar-refractivity contribution in [1.29, 1.82) is 0 Å². The van der Waals surface area contributed by atoms with Gasteiger partial charge >= 0.3 is 6.18 Å². The number of para-hydroxylation sites is 2. The number of imidazole rings is 1. The predicted octanol–water partition coefficient (Wildman–Crippen LogP) is 5.38. The molecule has 154 valence electrons. The maximum Gasteiger partial charge on any atom is 0.422 e. The number of carbonyl (C=O) groups excluding carboxylic acids is 1. The third-order valence-corrected chi connectivity index (χ3v) is 5.09. The fourth-order valence-electron chi connectivity index (χ4n) is 2.67. The number of hydrogen-bond donors (Lipinski definition) is 1. The molecule has 0 fully saturated rings. The van der Waals surface area contributed by atoms with Crippen LogP contribution >= 0.6 is 23.4 Å². The van der Waals surface area contributed by atoms with E-state index in [1.165, 1.54) is 30.0 Å². The van der Waals surface area contributed by atoms with Gasteiger partial charge in [0.25, 0.3) is 0 Å². The quantitative estimate of drug-likeness (QED) is 0.498. The number of hydrogen-bond acceptors (Lipinski definition) is 4. The number of nitrogens with one attached hydrogen (secondary N) is 1. The summed E-state index contributed by atoms with van der Waals surface area (Å²) < 4.78 is 44.1. The maximum absolute atomic E-state index is 12.4. The van der Waals surface area contributed by atoms with Gasteiger partial charge in [0, 0.05) is 11.6 Å².